The van der Waals surface area contributed by atoms with Crippen LogP contribution in [0.15, 0.2) is 4.52 Å². The van der Waals surface area contributed by atoms with Crippen LogP contribution in [-0.4, -0.2) is 53.8 Å². The van der Waals surface area contributed by atoms with E-state index in [9.17, 15) is 9.59 Å². The Morgan fingerprint density at radius 1 is 1.44 bits per heavy atom. The van der Waals surface area contributed by atoms with E-state index in [1.165, 1.54) is 0 Å². The second kappa shape index (κ2) is 10.7. The number of nitrogens with two attached hydrogens (primary N) is 1. The first-order chi connectivity index (χ1) is 11.5. The molecule has 0 spiro atoms. The molecule has 1 unspecified atom stereocenters. The van der Waals surface area contributed by atoms with Gasteiger partial charge in [0.2, 0.25) is 11.8 Å². The number of likely N-dealkylation sites (tertiary alicyclic amines) is 1. The minimum Gasteiger partial charge on any atom is -0.361 e. The molecule has 1 saturated heterocycles. The van der Waals surface area contributed by atoms with Crippen molar-refractivity contribution in [3.8, 4) is 0 Å². The molecule has 3 N–H and O–H groups in total. The molecule has 1 aliphatic rings. The quantitative estimate of drug-likeness (QED) is 0.726. The molecule has 142 valence electrons. The highest BCUT2D eigenvalue weighted by Crippen LogP contribution is 2.21. The fourth-order valence-electron chi connectivity index (χ4n) is 2.80. The molecule has 2 heterocycles. The highest BCUT2D eigenvalue weighted by molar-refractivity contribution is 7.99. The fourth-order valence-corrected chi connectivity index (χ4v) is 3.87. The predicted molar refractivity (Wildman–Crippen MR) is 101 cm³/mol. The van der Waals surface area contributed by atoms with Crippen molar-refractivity contribution in [2.24, 2.45) is 11.7 Å². The molecule has 2 amide bonds. The Labute approximate surface area is 158 Å². The van der Waals surface area contributed by atoms with E-state index in [-0.39, 0.29) is 30.1 Å². The maximum absolute atomic E-state index is 12.4. The average molecular weight is 391 g/mol. The van der Waals surface area contributed by atoms with Crippen LogP contribution in [0.25, 0.3) is 0 Å². The van der Waals surface area contributed by atoms with Crippen LogP contribution in [0, 0.1) is 19.8 Å². The largest absolute Gasteiger partial charge is 0.361 e. The van der Waals surface area contributed by atoms with Gasteiger partial charge in [0.1, 0.15) is 5.76 Å². The Hall–Kier alpha value is -1.25. The lowest BCUT2D eigenvalue weighted by Crippen LogP contribution is -2.46. The third kappa shape index (κ3) is 6.20. The van der Waals surface area contributed by atoms with Crippen LogP contribution in [0.1, 0.15) is 29.9 Å². The Morgan fingerprint density at radius 3 is 2.84 bits per heavy atom. The van der Waals surface area contributed by atoms with Gasteiger partial charge in [-0.05, 0) is 26.7 Å². The Morgan fingerprint density at radius 2 is 2.20 bits per heavy atom. The number of rotatable bonds is 7. The van der Waals surface area contributed by atoms with E-state index < -0.39 is 0 Å². The number of nitrogens with one attached hydrogen (secondary N) is 1. The van der Waals surface area contributed by atoms with Crippen LogP contribution in [0.4, 0.5) is 0 Å². The number of aromatic nitrogens is 1. The molecule has 0 saturated carbocycles. The molecule has 1 fully saturated rings. The van der Waals surface area contributed by atoms with Crippen LogP contribution >= 0.6 is 24.2 Å². The standard InChI is InChI=1S/C16H26N4O3S.ClH/c1-11-14(12(2)23-19-11)9-24-10-15(21)20-7-3-4-13(8-20)16(22)18-6-5-17;/h13H,3-10,17H2,1-2H3,(H,18,22);1H. The predicted octanol–water partition coefficient (Wildman–Crippen LogP) is 1.26. The first kappa shape index (κ1) is 21.8. The van der Waals surface area contributed by atoms with Crippen molar-refractivity contribution in [1.82, 2.24) is 15.4 Å². The van der Waals surface area contributed by atoms with Gasteiger partial charge < -0.3 is 20.5 Å². The smallest absolute Gasteiger partial charge is 0.232 e. The molecule has 0 aromatic carbocycles. The summed E-state index contributed by atoms with van der Waals surface area (Å²) in [7, 11) is 0. The summed E-state index contributed by atoms with van der Waals surface area (Å²) in [5.74, 6) is 1.89. The number of nitrogens with zero attached hydrogens (tertiary/aromatic N) is 2. The van der Waals surface area contributed by atoms with Crippen LogP contribution in [-0.2, 0) is 15.3 Å². The number of amides is 2. The van der Waals surface area contributed by atoms with E-state index in [0.717, 1.165) is 36.4 Å². The third-order valence-electron chi connectivity index (χ3n) is 4.24. The molecule has 0 aliphatic carbocycles. The summed E-state index contributed by atoms with van der Waals surface area (Å²) < 4.78 is 5.13. The van der Waals surface area contributed by atoms with E-state index in [0.29, 0.717) is 31.1 Å². The summed E-state index contributed by atoms with van der Waals surface area (Å²) in [5, 5.41) is 6.73. The molecule has 2 rings (SSSR count). The first-order valence-electron chi connectivity index (χ1n) is 8.28. The number of hydrogen-bond donors (Lipinski definition) is 2. The van der Waals surface area contributed by atoms with Crippen molar-refractivity contribution in [2.45, 2.75) is 32.4 Å². The van der Waals surface area contributed by atoms with Crippen molar-refractivity contribution >= 4 is 36.0 Å². The lowest BCUT2D eigenvalue weighted by atomic mass is 9.97. The van der Waals surface area contributed by atoms with E-state index in [4.69, 9.17) is 10.3 Å². The van der Waals surface area contributed by atoms with Crippen LogP contribution in [0.5, 0.6) is 0 Å². The molecule has 25 heavy (non-hydrogen) atoms. The number of aryl methyl sites for hydroxylation is 2. The van der Waals surface area contributed by atoms with Gasteiger partial charge in [-0.25, -0.2) is 0 Å². The molecular weight excluding hydrogens is 364 g/mol. The van der Waals surface area contributed by atoms with E-state index in [2.05, 4.69) is 10.5 Å². The van der Waals surface area contributed by atoms with Gasteiger partial charge >= 0.3 is 0 Å². The second-order valence-corrected chi connectivity index (χ2v) is 7.04. The molecule has 0 radical (unpaired) electrons. The summed E-state index contributed by atoms with van der Waals surface area (Å²) in [4.78, 5) is 26.2. The van der Waals surface area contributed by atoms with Crippen molar-refractivity contribution in [1.29, 1.82) is 0 Å². The molecule has 1 aromatic heterocycles. The van der Waals surface area contributed by atoms with Gasteiger partial charge in [0.25, 0.3) is 0 Å². The molecular formula is C16H27ClN4O3S. The summed E-state index contributed by atoms with van der Waals surface area (Å²) in [5.41, 5.74) is 7.34. The van der Waals surface area contributed by atoms with E-state index in [1.807, 2.05) is 13.8 Å². The molecule has 0 bridgehead atoms. The van der Waals surface area contributed by atoms with Crippen molar-refractivity contribution in [3.63, 3.8) is 0 Å². The molecule has 1 aliphatic heterocycles. The third-order valence-corrected chi connectivity index (χ3v) is 5.19. The van der Waals surface area contributed by atoms with Crippen LogP contribution < -0.4 is 11.1 Å². The summed E-state index contributed by atoms with van der Waals surface area (Å²) in [6.07, 6.45) is 1.69. The van der Waals surface area contributed by atoms with Gasteiger partial charge in [0.15, 0.2) is 0 Å². The number of halogens is 1. The van der Waals surface area contributed by atoms with Gasteiger partial charge in [-0.1, -0.05) is 5.16 Å². The summed E-state index contributed by atoms with van der Waals surface area (Å²) >= 11 is 1.56. The highest BCUT2D eigenvalue weighted by Gasteiger charge is 2.28. The summed E-state index contributed by atoms with van der Waals surface area (Å²) in [6, 6.07) is 0. The van der Waals surface area contributed by atoms with Gasteiger partial charge in [-0.2, -0.15) is 0 Å². The van der Waals surface area contributed by atoms with Gasteiger partial charge in [-0.3, -0.25) is 9.59 Å². The topological polar surface area (TPSA) is 101 Å². The molecule has 7 nitrogen and oxygen atoms in total. The van der Waals surface area contributed by atoms with Gasteiger partial charge in [-0.15, -0.1) is 24.2 Å². The Bertz CT molecular complexity index is 562. The zero-order valence-electron chi connectivity index (χ0n) is 14.7. The fraction of sp³-hybridized carbons (Fsp3) is 0.688. The van der Waals surface area contributed by atoms with Crippen LogP contribution in [0.3, 0.4) is 0 Å². The number of thioether (sulfide) groups is 1. The minimum atomic E-state index is -0.123. The molecule has 1 atom stereocenters. The van der Waals surface area contributed by atoms with Gasteiger partial charge in [0.05, 0.1) is 17.4 Å². The van der Waals surface area contributed by atoms with E-state index >= 15 is 0 Å². The van der Waals surface area contributed by atoms with Crippen molar-refractivity contribution in [2.75, 3.05) is 31.9 Å². The maximum atomic E-state index is 12.4. The number of carbonyl (C=O) groups is 2. The average Bonchev–Trinajstić information content (AvgIpc) is 2.91. The maximum Gasteiger partial charge on any atom is 0.232 e. The van der Waals surface area contributed by atoms with Crippen LogP contribution in [0.2, 0.25) is 0 Å². The number of piperidine rings is 1. The Balaban J connectivity index is 0.00000312. The zero-order valence-corrected chi connectivity index (χ0v) is 16.4. The molecule has 9 heteroatoms. The molecule has 1 aromatic rings. The highest BCUT2D eigenvalue weighted by atomic mass is 35.5. The number of carbonyl (C=O) groups excluding carboxylic acids is 2. The van der Waals surface area contributed by atoms with Gasteiger partial charge in [0, 0.05) is 37.5 Å². The lowest BCUT2D eigenvalue weighted by molar-refractivity contribution is -0.133. The lowest BCUT2D eigenvalue weighted by Gasteiger charge is -2.32. The van der Waals surface area contributed by atoms with Crippen molar-refractivity contribution in [3.05, 3.63) is 17.0 Å². The summed E-state index contributed by atoms with van der Waals surface area (Å²) in [6.45, 7) is 5.93. The normalized spacial score (nSPS) is 17.1. The zero-order chi connectivity index (χ0) is 17.5. The SMILES string of the molecule is Cc1noc(C)c1CSCC(=O)N1CCCC(C(=O)NCCN)C1.Cl. The second-order valence-electron chi connectivity index (χ2n) is 6.05. The number of hydrogen-bond acceptors (Lipinski definition) is 6. The van der Waals surface area contributed by atoms with Crippen molar-refractivity contribution < 1.29 is 14.1 Å². The minimum absolute atomic E-state index is 0. The monoisotopic (exact) mass is 390 g/mol. The first-order valence-corrected chi connectivity index (χ1v) is 9.43. The van der Waals surface area contributed by atoms with E-state index in [1.54, 1.807) is 16.7 Å². The Kier molecular flexibility index (Phi) is 9.31.